The molecule has 2 aromatic carbocycles. The molecule has 0 atom stereocenters. The van der Waals surface area contributed by atoms with E-state index in [0.29, 0.717) is 28.4 Å². The maximum absolute atomic E-state index is 6.14. The number of nitrogens with one attached hydrogen (secondary N) is 2. The third kappa shape index (κ3) is 4.13. The fourth-order valence-corrected chi connectivity index (χ4v) is 2.45. The van der Waals surface area contributed by atoms with Gasteiger partial charge in [-0.1, -0.05) is 47.5 Å². The molecule has 3 aromatic rings. The largest absolute Gasteiger partial charge is 0.364 e. The molecule has 1 heterocycles. The molecule has 3 rings (SSSR count). The SMILES string of the molecule is Cc1ccc(Nc2nncc(NCc3ccccc3Cl)n2)cc1Cl. The third-order valence-electron chi connectivity index (χ3n) is 3.40. The first-order chi connectivity index (χ1) is 11.6. The van der Waals surface area contributed by atoms with E-state index in [1.807, 2.05) is 49.4 Å². The van der Waals surface area contributed by atoms with Gasteiger partial charge >= 0.3 is 0 Å². The average Bonchev–Trinajstić information content (AvgIpc) is 2.58. The van der Waals surface area contributed by atoms with Gasteiger partial charge in [0, 0.05) is 22.3 Å². The molecule has 0 aliphatic rings. The number of aryl methyl sites for hydroxylation is 1. The predicted molar refractivity (Wildman–Crippen MR) is 98.1 cm³/mol. The van der Waals surface area contributed by atoms with Gasteiger partial charge in [-0.25, -0.2) is 0 Å². The van der Waals surface area contributed by atoms with Crippen LogP contribution in [0.1, 0.15) is 11.1 Å². The highest BCUT2D eigenvalue weighted by atomic mass is 35.5. The number of aromatic nitrogens is 3. The summed E-state index contributed by atoms with van der Waals surface area (Å²) in [6.07, 6.45) is 1.56. The maximum atomic E-state index is 6.14. The summed E-state index contributed by atoms with van der Waals surface area (Å²) in [4.78, 5) is 4.38. The number of hydrogen-bond donors (Lipinski definition) is 2. The molecule has 0 amide bonds. The normalized spacial score (nSPS) is 10.5. The summed E-state index contributed by atoms with van der Waals surface area (Å²) in [7, 11) is 0. The van der Waals surface area contributed by atoms with Gasteiger partial charge < -0.3 is 10.6 Å². The Morgan fingerprint density at radius 2 is 1.88 bits per heavy atom. The van der Waals surface area contributed by atoms with E-state index in [9.17, 15) is 0 Å². The number of nitrogens with zero attached hydrogens (tertiary/aromatic N) is 3. The van der Waals surface area contributed by atoms with Crippen molar-refractivity contribution in [2.24, 2.45) is 0 Å². The molecule has 0 saturated heterocycles. The van der Waals surface area contributed by atoms with E-state index in [1.165, 1.54) is 0 Å². The first-order valence-corrected chi connectivity index (χ1v) is 8.07. The molecule has 0 aliphatic heterocycles. The fraction of sp³-hybridized carbons (Fsp3) is 0.118. The topological polar surface area (TPSA) is 62.7 Å². The van der Waals surface area contributed by atoms with E-state index in [1.54, 1.807) is 6.20 Å². The first kappa shape index (κ1) is 16.5. The Balaban J connectivity index is 1.69. The Bertz CT molecular complexity index is 854. The van der Waals surface area contributed by atoms with E-state index in [0.717, 1.165) is 16.8 Å². The van der Waals surface area contributed by atoms with E-state index in [-0.39, 0.29) is 0 Å². The second-order valence-corrected chi connectivity index (χ2v) is 6.01. The Morgan fingerprint density at radius 3 is 2.67 bits per heavy atom. The Morgan fingerprint density at radius 1 is 1.04 bits per heavy atom. The van der Waals surface area contributed by atoms with E-state index >= 15 is 0 Å². The number of benzene rings is 2. The van der Waals surface area contributed by atoms with Crippen LogP contribution in [0.5, 0.6) is 0 Å². The molecule has 1 aromatic heterocycles. The van der Waals surface area contributed by atoms with Crippen LogP contribution in [-0.4, -0.2) is 15.2 Å². The van der Waals surface area contributed by atoms with Crippen molar-refractivity contribution in [2.45, 2.75) is 13.5 Å². The van der Waals surface area contributed by atoms with Crippen LogP contribution < -0.4 is 10.6 Å². The summed E-state index contributed by atoms with van der Waals surface area (Å²) >= 11 is 12.3. The van der Waals surface area contributed by atoms with Crippen molar-refractivity contribution >= 4 is 40.7 Å². The summed E-state index contributed by atoms with van der Waals surface area (Å²) in [5.41, 5.74) is 2.80. The third-order valence-corrected chi connectivity index (χ3v) is 4.18. The van der Waals surface area contributed by atoms with E-state index in [4.69, 9.17) is 23.2 Å². The van der Waals surface area contributed by atoms with Crippen LogP contribution in [0.2, 0.25) is 10.0 Å². The van der Waals surface area contributed by atoms with Gasteiger partial charge in [-0.2, -0.15) is 10.1 Å². The first-order valence-electron chi connectivity index (χ1n) is 7.32. The molecule has 7 heteroatoms. The van der Waals surface area contributed by atoms with Crippen LogP contribution in [0.3, 0.4) is 0 Å². The van der Waals surface area contributed by atoms with E-state index in [2.05, 4.69) is 25.8 Å². The highest BCUT2D eigenvalue weighted by Crippen LogP contribution is 2.22. The standard InChI is InChI=1S/C17H15Cl2N5/c1-11-6-7-13(8-15(11)19)22-17-23-16(10-21-24-17)20-9-12-4-2-3-5-14(12)18/h2-8,10H,9H2,1H3,(H2,20,22,23,24). The minimum absolute atomic E-state index is 0.388. The van der Waals surface area contributed by atoms with E-state index < -0.39 is 0 Å². The molecule has 2 N–H and O–H groups in total. The van der Waals surface area contributed by atoms with Crippen LogP contribution in [0.25, 0.3) is 0 Å². The zero-order valence-corrected chi connectivity index (χ0v) is 14.4. The molecule has 0 radical (unpaired) electrons. The molecular formula is C17H15Cl2N5. The number of rotatable bonds is 5. The predicted octanol–water partition coefficient (Wildman–Crippen LogP) is 4.84. The molecule has 0 spiro atoms. The lowest BCUT2D eigenvalue weighted by Crippen LogP contribution is -2.06. The molecule has 122 valence electrons. The number of halogens is 2. The minimum atomic E-state index is 0.388. The Hall–Kier alpha value is -2.37. The molecule has 0 aliphatic carbocycles. The zero-order chi connectivity index (χ0) is 16.9. The van der Waals surface area contributed by atoms with Gasteiger partial charge in [0.2, 0.25) is 5.95 Å². The zero-order valence-electron chi connectivity index (χ0n) is 12.9. The van der Waals surface area contributed by atoms with Crippen LogP contribution in [0.15, 0.2) is 48.7 Å². The molecule has 5 nitrogen and oxygen atoms in total. The maximum Gasteiger partial charge on any atom is 0.249 e. The van der Waals surface area contributed by atoms with Crippen LogP contribution in [0.4, 0.5) is 17.5 Å². The Labute approximate surface area is 150 Å². The van der Waals surface area contributed by atoms with Crippen molar-refractivity contribution < 1.29 is 0 Å². The summed E-state index contributed by atoms with van der Waals surface area (Å²) in [6.45, 7) is 2.50. The van der Waals surface area contributed by atoms with Gasteiger partial charge in [0.05, 0.1) is 6.20 Å². The smallest absolute Gasteiger partial charge is 0.249 e. The highest BCUT2D eigenvalue weighted by molar-refractivity contribution is 6.31. The Kier molecular flexibility index (Phi) is 5.13. The van der Waals surface area contributed by atoms with Crippen molar-refractivity contribution in [3.8, 4) is 0 Å². The molecular weight excluding hydrogens is 345 g/mol. The summed E-state index contributed by atoms with van der Waals surface area (Å²) in [6, 6.07) is 13.3. The number of anilines is 3. The summed E-state index contributed by atoms with van der Waals surface area (Å²) < 4.78 is 0. The van der Waals surface area contributed by atoms with Gasteiger partial charge in [-0.3, -0.25) is 0 Å². The van der Waals surface area contributed by atoms with Gasteiger partial charge in [0.1, 0.15) is 0 Å². The molecule has 24 heavy (non-hydrogen) atoms. The van der Waals surface area contributed by atoms with Crippen molar-refractivity contribution in [1.29, 1.82) is 0 Å². The van der Waals surface area contributed by atoms with Gasteiger partial charge in [0.25, 0.3) is 0 Å². The van der Waals surface area contributed by atoms with Crippen LogP contribution in [0, 0.1) is 6.92 Å². The summed E-state index contributed by atoms with van der Waals surface area (Å²) in [5.74, 6) is 0.990. The average molecular weight is 360 g/mol. The summed E-state index contributed by atoms with van der Waals surface area (Å²) in [5, 5.41) is 15.6. The van der Waals surface area contributed by atoms with Gasteiger partial charge in [-0.05, 0) is 36.2 Å². The second kappa shape index (κ2) is 7.47. The molecule has 0 unspecified atom stereocenters. The molecule has 0 bridgehead atoms. The highest BCUT2D eigenvalue weighted by Gasteiger charge is 2.04. The van der Waals surface area contributed by atoms with Gasteiger partial charge in [-0.15, -0.1) is 5.10 Å². The monoisotopic (exact) mass is 359 g/mol. The van der Waals surface area contributed by atoms with Crippen molar-refractivity contribution in [3.63, 3.8) is 0 Å². The second-order valence-electron chi connectivity index (χ2n) is 5.20. The lowest BCUT2D eigenvalue weighted by molar-refractivity contribution is 0.966. The van der Waals surface area contributed by atoms with Crippen LogP contribution in [-0.2, 0) is 6.54 Å². The molecule has 0 fully saturated rings. The fourth-order valence-electron chi connectivity index (χ4n) is 2.07. The van der Waals surface area contributed by atoms with Crippen molar-refractivity contribution in [3.05, 3.63) is 69.8 Å². The number of hydrogen-bond acceptors (Lipinski definition) is 5. The minimum Gasteiger partial charge on any atom is -0.364 e. The van der Waals surface area contributed by atoms with Crippen molar-refractivity contribution in [2.75, 3.05) is 10.6 Å². The quantitative estimate of drug-likeness (QED) is 0.682. The lowest BCUT2D eigenvalue weighted by atomic mass is 10.2. The molecule has 0 saturated carbocycles. The lowest BCUT2D eigenvalue weighted by Gasteiger charge is -2.09. The van der Waals surface area contributed by atoms with Crippen molar-refractivity contribution in [1.82, 2.24) is 15.2 Å². The van der Waals surface area contributed by atoms with Gasteiger partial charge in [0.15, 0.2) is 5.82 Å². The van der Waals surface area contributed by atoms with Crippen LogP contribution >= 0.6 is 23.2 Å².